The topological polar surface area (TPSA) is 83.3 Å². The molecule has 0 fully saturated rings. The number of imidazole rings is 1. The maximum absolute atomic E-state index is 12.4. The third-order valence-electron chi connectivity index (χ3n) is 4.90. The predicted octanol–water partition coefficient (Wildman–Crippen LogP) is 4.73. The molecule has 1 amide bonds. The Hall–Kier alpha value is -4.20. The molecular formula is C26H27N3O5. The minimum atomic E-state index is -0.289. The molecule has 2 aromatic carbocycles. The Kier molecular flexibility index (Phi) is 7.49. The lowest BCUT2D eigenvalue weighted by Gasteiger charge is -2.13. The first-order valence-corrected chi connectivity index (χ1v) is 11.0. The molecule has 8 nitrogen and oxygen atoms in total. The first-order valence-electron chi connectivity index (χ1n) is 11.0. The Bertz CT molecular complexity index is 1200. The monoisotopic (exact) mass is 461 g/mol. The fourth-order valence-electron chi connectivity index (χ4n) is 3.27. The summed E-state index contributed by atoms with van der Waals surface area (Å²) in [5, 5.41) is 2.82. The van der Waals surface area contributed by atoms with Crippen LogP contribution >= 0.6 is 0 Å². The Morgan fingerprint density at radius 1 is 0.971 bits per heavy atom. The zero-order valence-corrected chi connectivity index (χ0v) is 19.2. The van der Waals surface area contributed by atoms with Crippen molar-refractivity contribution in [2.75, 3.05) is 25.6 Å². The summed E-state index contributed by atoms with van der Waals surface area (Å²) >= 11 is 0. The Morgan fingerprint density at radius 2 is 1.76 bits per heavy atom. The summed E-state index contributed by atoms with van der Waals surface area (Å²) in [6.45, 7) is 2.85. The maximum Gasteiger partial charge on any atom is 0.262 e. The fraction of sp³-hybridized carbons (Fsp3) is 0.231. The van der Waals surface area contributed by atoms with Crippen LogP contribution in [0.1, 0.15) is 19.0 Å². The van der Waals surface area contributed by atoms with Gasteiger partial charge >= 0.3 is 0 Å². The van der Waals surface area contributed by atoms with Gasteiger partial charge in [-0.25, -0.2) is 4.98 Å². The fourth-order valence-corrected chi connectivity index (χ4v) is 3.27. The minimum absolute atomic E-state index is 0.126. The number of carbonyl (C=O) groups excluding carboxylic acids is 1. The van der Waals surface area contributed by atoms with Crippen molar-refractivity contribution < 1.29 is 23.7 Å². The molecule has 0 atom stereocenters. The number of nitrogens with one attached hydrogen (secondary N) is 1. The summed E-state index contributed by atoms with van der Waals surface area (Å²) in [5.74, 6) is 2.13. The molecule has 0 bridgehead atoms. The van der Waals surface area contributed by atoms with Gasteiger partial charge in [-0.05, 0) is 55.0 Å². The molecule has 8 heteroatoms. The van der Waals surface area contributed by atoms with Crippen LogP contribution in [0.2, 0.25) is 0 Å². The van der Waals surface area contributed by atoms with Crippen molar-refractivity contribution in [3.63, 3.8) is 0 Å². The summed E-state index contributed by atoms with van der Waals surface area (Å²) in [6.07, 6.45) is 4.78. The smallest absolute Gasteiger partial charge is 0.262 e. The van der Waals surface area contributed by atoms with Crippen LogP contribution < -0.4 is 24.3 Å². The average Bonchev–Trinajstić information content (AvgIpc) is 3.29. The number of nitrogens with zero attached hydrogens (tertiary/aromatic N) is 2. The summed E-state index contributed by atoms with van der Waals surface area (Å²) in [5.41, 5.74) is 2.20. The molecule has 1 N–H and O–H groups in total. The standard InChI is InChI=1S/C26H27N3O5/c1-3-14-32-21-8-10-22(11-9-21)33-18-26(30)28-19-7-12-23(31-2)24(15-19)34-17-20-16-29-13-5-4-6-25(29)27-20/h4-13,15-16H,3,14,17-18H2,1-2H3,(H,28,30). The number of fused-ring (bicyclic) bond motifs is 1. The van der Waals surface area contributed by atoms with Gasteiger partial charge in [0, 0.05) is 24.1 Å². The molecule has 2 aromatic heterocycles. The van der Waals surface area contributed by atoms with Crippen LogP contribution in [0, 0.1) is 0 Å². The highest BCUT2D eigenvalue weighted by atomic mass is 16.5. The largest absolute Gasteiger partial charge is 0.494 e. The highest BCUT2D eigenvalue weighted by Gasteiger charge is 2.11. The van der Waals surface area contributed by atoms with E-state index < -0.39 is 0 Å². The molecule has 0 aliphatic heterocycles. The van der Waals surface area contributed by atoms with Gasteiger partial charge in [0.2, 0.25) is 0 Å². The Morgan fingerprint density at radius 3 is 2.50 bits per heavy atom. The zero-order chi connectivity index (χ0) is 23.8. The van der Waals surface area contributed by atoms with Crippen molar-refractivity contribution in [2.45, 2.75) is 20.0 Å². The number of anilines is 1. The number of ether oxygens (including phenoxy) is 4. The number of benzene rings is 2. The first kappa shape index (κ1) is 23.0. The molecule has 0 unspecified atom stereocenters. The lowest BCUT2D eigenvalue weighted by atomic mass is 10.2. The molecule has 4 aromatic rings. The van der Waals surface area contributed by atoms with Gasteiger partial charge in [0.25, 0.3) is 5.91 Å². The van der Waals surface area contributed by atoms with Gasteiger partial charge in [0.05, 0.1) is 19.4 Å². The third-order valence-corrected chi connectivity index (χ3v) is 4.90. The normalized spacial score (nSPS) is 10.6. The number of carbonyl (C=O) groups is 1. The molecule has 176 valence electrons. The number of amides is 1. The van der Waals surface area contributed by atoms with Gasteiger partial charge in [0.15, 0.2) is 18.1 Å². The van der Waals surface area contributed by atoms with Gasteiger partial charge in [0.1, 0.15) is 23.8 Å². The lowest BCUT2D eigenvalue weighted by Crippen LogP contribution is -2.20. The number of pyridine rings is 1. The molecule has 4 rings (SSSR count). The van der Waals surface area contributed by atoms with E-state index in [4.69, 9.17) is 18.9 Å². The highest BCUT2D eigenvalue weighted by Crippen LogP contribution is 2.31. The van der Waals surface area contributed by atoms with Crippen LogP contribution in [-0.4, -0.2) is 35.6 Å². The quantitative estimate of drug-likeness (QED) is 0.348. The predicted molar refractivity (Wildman–Crippen MR) is 129 cm³/mol. The van der Waals surface area contributed by atoms with E-state index in [0.29, 0.717) is 29.5 Å². The second kappa shape index (κ2) is 11.1. The van der Waals surface area contributed by atoms with E-state index >= 15 is 0 Å². The number of methoxy groups -OCH3 is 1. The van der Waals surface area contributed by atoms with Gasteiger partial charge in [-0.2, -0.15) is 0 Å². The summed E-state index contributed by atoms with van der Waals surface area (Å²) in [4.78, 5) is 16.9. The SMILES string of the molecule is CCCOc1ccc(OCC(=O)Nc2ccc(OC)c(OCc3cn4ccccc4n3)c2)cc1. The number of aromatic nitrogens is 2. The van der Waals surface area contributed by atoms with Crippen LogP contribution in [0.15, 0.2) is 73.1 Å². The van der Waals surface area contributed by atoms with Crippen molar-refractivity contribution >= 4 is 17.2 Å². The minimum Gasteiger partial charge on any atom is -0.494 e. The molecule has 2 heterocycles. The van der Waals surface area contributed by atoms with Gasteiger partial charge in [-0.1, -0.05) is 13.0 Å². The van der Waals surface area contributed by atoms with Crippen molar-refractivity contribution in [1.29, 1.82) is 0 Å². The van der Waals surface area contributed by atoms with E-state index in [1.54, 1.807) is 37.4 Å². The van der Waals surface area contributed by atoms with Crippen molar-refractivity contribution in [2.24, 2.45) is 0 Å². The molecule has 0 aliphatic carbocycles. The first-order chi connectivity index (χ1) is 16.6. The van der Waals surface area contributed by atoms with Crippen LogP contribution in [0.25, 0.3) is 5.65 Å². The van der Waals surface area contributed by atoms with E-state index in [1.807, 2.05) is 47.1 Å². The molecule has 0 spiro atoms. The van der Waals surface area contributed by atoms with Crippen molar-refractivity contribution in [3.8, 4) is 23.0 Å². The number of rotatable bonds is 11. The van der Waals surface area contributed by atoms with E-state index in [9.17, 15) is 4.79 Å². The Labute approximate surface area is 198 Å². The molecule has 0 saturated carbocycles. The summed E-state index contributed by atoms with van der Waals surface area (Å²) < 4.78 is 24.4. The van der Waals surface area contributed by atoms with E-state index in [0.717, 1.165) is 23.5 Å². The summed E-state index contributed by atoms with van der Waals surface area (Å²) in [7, 11) is 1.57. The average molecular weight is 462 g/mol. The van der Waals surface area contributed by atoms with Gasteiger partial charge in [-0.3, -0.25) is 4.79 Å². The lowest BCUT2D eigenvalue weighted by molar-refractivity contribution is -0.118. The zero-order valence-electron chi connectivity index (χ0n) is 19.2. The highest BCUT2D eigenvalue weighted by molar-refractivity contribution is 5.92. The van der Waals surface area contributed by atoms with Crippen LogP contribution in [0.4, 0.5) is 5.69 Å². The molecule has 34 heavy (non-hydrogen) atoms. The van der Waals surface area contributed by atoms with E-state index in [-0.39, 0.29) is 19.1 Å². The van der Waals surface area contributed by atoms with Crippen molar-refractivity contribution in [3.05, 3.63) is 78.8 Å². The van der Waals surface area contributed by atoms with Crippen LogP contribution in [0.5, 0.6) is 23.0 Å². The molecule has 0 aliphatic rings. The third kappa shape index (κ3) is 5.98. The number of hydrogen-bond donors (Lipinski definition) is 1. The molecular weight excluding hydrogens is 434 g/mol. The second-order valence-corrected chi connectivity index (χ2v) is 7.51. The Balaban J connectivity index is 1.33. The second-order valence-electron chi connectivity index (χ2n) is 7.51. The summed E-state index contributed by atoms with van der Waals surface area (Å²) in [6, 6.07) is 18.2. The van der Waals surface area contributed by atoms with Crippen LogP contribution in [0.3, 0.4) is 0 Å². The van der Waals surface area contributed by atoms with Crippen LogP contribution in [-0.2, 0) is 11.4 Å². The van der Waals surface area contributed by atoms with E-state index in [2.05, 4.69) is 17.2 Å². The maximum atomic E-state index is 12.4. The molecule has 0 radical (unpaired) electrons. The van der Waals surface area contributed by atoms with Crippen molar-refractivity contribution in [1.82, 2.24) is 9.38 Å². The van der Waals surface area contributed by atoms with Gasteiger partial charge in [-0.15, -0.1) is 0 Å². The van der Waals surface area contributed by atoms with E-state index in [1.165, 1.54) is 0 Å². The number of hydrogen-bond acceptors (Lipinski definition) is 6. The van der Waals surface area contributed by atoms with Gasteiger partial charge < -0.3 is 28.7 Å². The molecule has 0 saturated heterocycles.